The molecule has 0 radical (unpaired) electrons. The number of aromatic amines is 1. The van der Waals surface area contributed by atoms with Crippen molar-refractivity contribution in [2.24, 2.45) is 5.10 Å². The number of H-pyrrole nitrogens is 1. The Kier molecular flexibility index (Phi) is 5.66. The molecule has 0 aliphatic rings. The molecule has 0 aliphatic carbocycles. The minimum atomic E-state index is -0.454. The minimum Gasteiger partial charge on any atom is -0.350 e. The van der Waals surface area contributed by atoms with Crippen molar-refractivity contribution in [1.82, 2.24) is 10.4 Å². The molecule has 1 heterocycles. The highest BCUT2D eigenvalue weighted by molar-refractivity contribution is 6.10. The summed E-state index contributed by atoms with van der Waals surface area (Å²) in [4.78, 5) is 26.7. The zero-order valence-electron chi connectivity index (χ0n) is 16.4. The predicted molar refractivity (Wildman–Crippen MR) is 122 cm³/mol. The molecule has 0 unspecified atom stereocenters. The summed E-state index contributed by atoms with van der Waals surface area (Å²) in [7, 11) is 0. The Bertz CT molecular complexity index is 1290. The molecule has 31 heavy (non-hydrogen) atoms. The molecule has 2 N–H and O–H groups in total. The van der Waals surface area contributed by atoms with Crippen LogP contribution >= 0.6 is 0 Å². The number of aromatic nitrogens is 1. The molecule has 0 bridgehead atoms. The third-order valence-electron chi connectivity index (χ3n) is 4.70. The number of nitro groups is 1. The quantitative estimate of drug-likeness (QED) is 0.260. The smallest absolute Gasteiger partial charge is 0.288 e. The molecular formula is C24H18N4O3. The number of fused-ring (bicyclic) bond motifs is 1. The highest BCUT2D eigenvalue weighted by Gasteiger charge is 2.20. The molecule has 7 heteroatoms. The van der Waals surface area contributed by atoms with Crippen LogP contribution in [0.5, 0.6) is 0 Å². The first-order valence-electron chi connectivity index (χ1n) is 9.54. The lowest BCUT2D eigenvalue weighted by Crippen LogP contribution is -2.18. The van der Waals surface area contributed by atoms with E-state index in [0.29, 0.717) is 16.5 Å². The van der Waals surface area contributed by atoms with Gasteiger partial charge >= 0.3 is 0 Å². The van der Waals surface area contributed by atoms with Crippen molar-refractivity contribution in [2.75, 3.05) is 0 Å². The van der Waals surface area contributed by atoms with E-state index in [1.807, 2.05) is 66.7 Å². The Morgan fingerprint density at radius 2 is 1.71 bits per heavy atom. The lowest BCUT2D eigenvalue weighted by Gasteiger charge is -2.04. The number of hydrazone groups is 1. The number of benzene rings is 3. The maximum Gasteiger partial charge on any atom is 0.288 e. The zero-order chi connectivity index (χ0) is 21.6. The van der Waals surface area contributed by atoms with E-state index < -0.39 is 10.8 Å². The van der Waals surface area contributed by atoms with Gasteiger partial charge in [-0.3, -0.25) is 14.9 Å². The Morgan fingerprint density at radius 1 is 1.00 bits per heavy atom. The van der Waals surface area contributed by atoms with Crippen LogP contribution in [0.15, 0.2) is 90.0 Å². The summed E-state index contributed by atoms with van der Waals surface area (Å²) in [6.45, 7) is 0. The number of amides is 1. The monoisotopic (exact) mass is 410 g/mol. The van der Waals surface area contributed by atoms with Gasteiger partial charge in [-0.2, -0.15) is 5.10 Å². The van der Waals surface area contributed by atoms with Crippen molar-refractivity contribution in [3.05, 3.63) is 106 Å². The van der Waals surface area contributed by atoms with Gasteiger partial charge in [0.05, 0.1) is 4.92 Å². The largest absolute Gasteiger partial charge is 0.350 e. The second-order valence-corrected chi connectivity index (χ2v) is 6.72. The molecule has 0 saturated carbocycles. The summed E-state index contributed by atoms with van der Waals surface area (Å²) < 4.78 is 0. The summed E-state index contributed by atoms with van der Waals surface area (Å²) in [6.07, 6.45) is 5.08. The SMILES string of the molecule is O=C(N/N=C/C=C/c1ccccc1)c1[nH]c2ccc([N+](=O)[O-])cc2c1-c1ccccc1. The molecule has 7 nitrogen and oxygen atoms in total. The first-order valence-corrected chi connectivity index (χ1v) is 9.54. The van der Waals surface area contributed by atoms with Crippen molar-refractivity contribution >= 4 is 34.8 Å². The second kappa shape index (κ2) is 8.87. The maximum absolute atomic E-state index is 12.8. The number of rotatable bonds is 6. The van der Waals surface area contributed by atoms with Gasteiger partial charge in [0.15, 0.2) is 0 Å². The van der Waals surface area contributed by atoms with Crippen molar-refractivity contribution in [2.45, 2.75) is 0 Å². The van der Waals surface area contributed by atoms with Gasteiger partial charge in [0.1, 0.15) is 5.69 Å². The van der Waals surface area contributed by atoms with Crippen LogP contribution < -0.4 is 5.43 Å². The van der Waals surface area contributed by atoms with Crippen LogP contribution in [0, 0.1) is 10.1 Å². The van der Waals surface area contributed by atoms with E-state index in [-0.39, 0.29) is 11.4 Å². The number of carbonyl (C=O) groups excluding carboxylic acids is 1. The van der Waals surface area contributed by atoms with E-state index in [9.17, 15) is 14.9 Å². The lowest BCUT2D eigenvalue weighted by molar-refractivity contribution is -0.384. The third kappa shape index (κ3) is 4.40. The molecule has 0 fully saturated rings. The minimum absolute atomic E-state index is 0.0419. The summed E-state index contributed by atoms with van der Waals surface area (Å²) in [5.74, 6) is -0.443. The lowest BCUT2D eigenvalue weighted by atomic mass is 10.0. The van der Waals surface area contributed by atoms with Gasteiger partial charge in [-0.1, -0.05) is 66.7 Å². The van der Waals surface area contributed by atoms with E-state index in [2.05, 4.69) is 15.5 Å². The highest BCUT2D eigenvalue weighted by atomic mass is 16.6. The van der Waals surface area contributed by atoms with E-state index in [4.69, 9.17) is 0 Å². The Hall–Kier alpha value is -4.52. The fourth-order valence-electron chi connectivity index (χ4n) is 3.28. The van der Waals surface area contributed by atoms with Gasteiger partial charge in [-0.25, -0.2) is 5.43 Å². The molecule has 4 aromatic rings. The summed E-state index contributed by atoms with van der Waals surface area (Å²) in [5, 5.41) is 15.8. The number of nitrogens with zero attached hydrogens (tertiary/aromatic N) is 2. The van der Waals surface area contributed by atoms with Gasteiger partial charge in [-0.05, 0) is 23.3 Å². The number of hydrogen-bond donors (Lipinski definition) is 2. The molecule has 0 spiro atoms. The fourth-order valence-corrected chi connectivity index (χ4v) is 3.28. The normalized spacial score (nSPS) is 11.4. The maximum atomic E-state index is 12.8. The fraction of sp³-hybridized carbons (Fsp3) is 0. The van der Waals surface area contributed by atoms with Crippen molar-refractivity contribution in [3.8, 4) is 11.1 Å². The Balaban J connectivity index is 1.64. The second-order valence-electron chi connectivity index (χ2n) is 6.72. The summed E-state index contributed by atoms with van der Waals surface area (Å²) >= 11 is 0. The van der Waals surface area contributed by atoms with Gasteiger partial charge in [-0.15, -0.1) is 0 Å². The molecule has 1 amide bonds. The number of non-ortho nitro benzene ring substituents is 1. The average molecular weight is 410 g/mol. The molecule has 152 valence electrons. The standard InChI is InChI=1S/C24H18N4O3/c29-24(27-25-15-7-10-17-8-3-1-4-9-17)23-22(18-11-5-2-6-12-18)20-16-19(28(30)31)13-14-21(20)26-23/h1-16,26H,(H,27,29)/b10-7+,25-15+. The topological polar surface area (TPSA) is 100 Å². The van der Waals surface area contributed by atoms with Crippen molar-refractivity contribution < 1.29 is 9.72 Å². The molecular weight excluding hydrogens is 392 g/mol. The van der Waals surface area contributed by atoms with Crippen molar-refractivity contribution in [3.63, 3.8) is 0 Å². The molecule has 0 atom stereocenters. The predicted octanol–water partition coefficient (Wildman–Crippen LogP) is 5.17. The van der Waals surface area contributed by atoms with Crippen LogP contribution in [-0.2, 0) is 0 Å². The highest BCUT2D eigenvalue weighted by Crippen LogP contribution is 2.34. The van der Waals surface area contributed by atoms with Crippen LogP contribution in [0.4, 0.5) is 5.69 Å². The molecule has 0 saturated heterocycles. The third-order valence-corrected chi connectivity index (χ3v) is 4.70. The molecule has 0 aliphatic heterocycles. The Morgan fingerprint density at radius 3 is 2.42 bits per heavy atom. The first kappa shape index (κ1) is 19.8. The Labute approximate surface area is 177 Å². The van der Waals surface area contributed by atoms with Crippen LogP contribution in [0.2, 0.25) is 0 Å². The molecule has 4 rings (SSSR count). The van der Waals surface area contributed by atoms with Crippen LogP contribution in [-0.4, -0.2) is 22.0 Å². The number of carbonyl (C=O) groups is 1. The van der Waals surface area contributed by atoms with Crippen molar-refractivity contribution in [1.29, 1.82) is 0 Å². The van der Waals surface area contributed by atoms with E-state index in [1.54, 1.807) is 12.1 Å². The van der Waals surface area contributed by atoms with Crippen LogP contribution in [0.3, 0.4) is 0 Å². The van der Waals surface area contributed by atoms with Gasteiger partial charge in [0.25, 0.3) is 11.6 Å². The van der Waals surface area contributed by atoms with Crippen LogP contribution in [0.1, 0.15) is 16.1 Å². The number of hydrogen-bond acceptors (Lipinski definition) is 4. The van der Waals surface area contributed by atoms with Crippen LogP contribution in [0.25, 0.3) is 28.1 Å². The number of nitro benzene ring substituents is 1. The van der Waals surface area contributed by atoms with E-state index >= 15 is 0 Å². The van der Waals surface area contributed by atoms with Gasteiger partial charge in [0, 0.05) is 34.8 Å². The van der Waals surface area contributed by atoms with Gasteiger partial charge < -0.3 is 4.98 Å². The first-order chi connectivity index (χ1) is 15.1. The summed E-state index contributed by atoms with van der Waals surface area (Å²) in [6, 6.07) is 23.5. The van der Waals surface area contributed by atoms with Gasteiger partial charge in [0.2, 0.25) is 0 Å². The molecule has 3 aromatic carbocycles. The number of allylic oxidation sites excluding steroid dienone is 1. The molecule has 1 aromatic heterocycles. The zero-order valence-corrected chi connectivity index (χ0v) is 16.4. The van der Waals surface area contributed by atoms with E-state index in [1.165, 1.54) is 18.3 Å². The van der Waals surface area contributed by atoms with E-state index in [0.717, 1.165) is 11.1 Å². The average Bonchev–Trinajstić information content (AvgIpc) is 3.19. The summed E-state index contributed by atoms with van der Waals surface area (Å²) in [5.41, 5.74) is 5.75. The number of nitrogens with one attached hydrogen (secondary N) is 2.